The van der Waals surface area contributed by atoms with Crippen LogP contribution in [0.2, 0.25) is 0 Å². The van der Waals surface area contributed by atoms with Crippen molar-refractivity contribution in [3.8, 4) is 0 Å². The number of rotatable bonds is 7. The minimum Gasteiger partial charge on any atom is -0.380 e. The summed E-state index contributed by atoms with van der Waals surface area (Å²) in [6, 6.07) is 3.54. The molecule has 0 aliphatic rings. The fourth-order valence-corrected chi connectivity index (χ4v) is 1.58. The second-order valence-electron chi connectivity index (χ2n) is 4.58. The molecule has 1 aromatic carbocycles. The first-order valence-electron chi connectivity index (χ1n) is 6.24. The van der Waals surface area contributed by atoms with Crippen LogP contribution in [0.5, 0.6) is 0 Å². The summed E-state index contributed by atoms with van der Waals surface area (Å²) in [5.41, 5.74) is -0.00189. The van der Waals surface area contributed by atoms with Crippen LogP contribution in [0.25, 0.3) is 0 Å². The number of nitro benzene ring substituents is 1. The van der Waals surface area contributed by atoms with Gasteiger partial charge in [0, 0.05) is 12.7 Å². The summed E-state index contributed by atoms with van der Waals surface area (Å²) in [5.74, 6) is -0.377. The molecule has 0 aromatic heterocycles. The predicted molar refractivity (Wildman–Crippen MR) is 71.8 cm³/mol. The Kier molecular flexibility index (Phi) is 5.69. The molecule has 0 radical (unpaired) electrons. The summed E-state index contributed by atoms with van der Waals surface area (Å²) >= 11 is 0. The molecule has 106 valence electrons. The highest BCUT2D eigenvalue weighted by Crippen LogP contribution is 2.22. The Labute approximate surface area is 111 Å². The van der Waals surface area contributed by atoms with Crippen molar-refractivity contribution in [2.75, 3.05) is 18.5 Å². The molecule has 0 saturated heterocycles. The SMILES string of the molecule is CCOCC(Nc1ccc([N+](=O)[O-])cc1F)C(C)C. The fraction of sp³-hybridized carbons (Fsp3) is 0.538. The van der Waals surface area contributed by atoms with Crippen LogP contribution in [-0.2, 0) is 4.74 Å². The van der Waals surface area contributed by atoms with Crippen molar-refractivity contribution in [1.82, 2.24) is 0 Å². The number of nitro groups is 1. The van der Waals surface area contributed by atoms with Crippen LogP contribution < -0.4 is 5.32 Å². The monoisotopic (exact) mass is 270 g/mol. The number of anilines is 1. The molecule has 0 aliphatic carbocycles. The standard InChI is InChI=1S/C13H19FN2O3/c1-4-19-8-13(9(2)3)15-12-6-5-10(16(17)18)7-11(12)14/h5-7,9,13,15H,4,8H2,1-3H3. The highest BCUT2D eigenvalue weighted by atomic mass is 19.1. The van der Waals surface area contributed by atoms with Gasteiger partial charge in [0.1, 0.15) is 0 Å². The van der Waals surface area contributed by atoms with Crippen LogP contribution in [0.1, 0.15) is 20.8 Å². The summed E-state index contributed by atoms with van der Waals surface area (Å²) in [6.45, 7) is 6.95. The molecule has 0 fully saturated rings. The molecule has 0 amide bonds. The van der Waals surface area contributed by atoms with Crippen LogP contribution >= 0.6 is 0 Å². The summed E-state index contributed by atoms with van der Waals surface area (Å²) < 4.78 is 19.1. The summed E-state index contributed by atoms with van der Waals surface area (Å²) in [5, 5.41) is 13.6. The van der Waals surface area contributed by atoms with E-state index in [0.717, 1.165) is 6.07 Å². The van der Waals surface area contributed by atoms with E-state index in [1.54, 1.807) is 0 Å². The first kappa shape index (κ1) is 15.4. The lowest BCUT2D eigenvalue weighted by molar-refractivity contribution is -0.385. The van der Waals surface area contributed by atoms with E-state index in [9.17, 15) is 14.5 Å². The molecule has 0 heterocycles. The number of non-ortho nitro benzene ring substituents is 1. The Morgan fingerprint density at radius 2 is 2.16 bits per heavy atom. The van der Waals surface area contributed by atoms with Crippen molar-refractivity contribution in [2.45, 2.75) is 26.8 Å². The van der Waals surface area contributed by atoms with Crippen LogP contribution in [0.4, 0.5) is 15.8 Å². The largest absolute Gasteiger partial charge is 0.380 e. The van der Waals surface area contributed by atoms with Gasteiger partial charge in [-0.15, -0.1) is 0 Å². The molecular weight excluding hydrogens is 251 g/mol. The van der Waals surface area contributed by atoms with Gasteiger partial charge in [-0.1, -0.05) is 13.8 Å². The molecule has 0 spiro atoms. The lowest BCUT2D eigenvalue weighted by Gasteiger charge is -2.23. The molecule has 1 atom stereocenters. The summed E-state index contributed by atoms with van der Waals surface area (Å²) in [6.07, 6.45) is 0. The lowest BCUT2D eigenvalue weighted by Crippen LogP contribution is -2.31. The van der Waals surface area contributed by atoms with Crippen LogP contribution in [-0.4, -0.2) is 24.2 Å². The zero-order chi connectivity index (χ0) is 14.4. The zero-order valence-electron chi connectivity index (χ0n) is 11.4. The normalized spacial score (nSPS) is 12.5. The second kappa shape index (κ2) is 7.04. The number of ether oxygens (including phenoxy) is 1. The molecule has 1 rings (SSSR count). The summed E-state index contributed by atoms with van der Waals surface area (Å²) in [7, 11) is 0. The van der Waals surface area contributed by atoms with Gasteiger partial charge in [0.2, 0.25) is 0 Å². The maximum absolute atomic E-state index is 13.7. The Morgan fingerprint density at radius 3 is 2.63 bits per heavy atom. The van der Waals surface area contributed by atoms with E-state index in [0.29, 0.717) is 13.2 Å². The Balaban J connectivity index is 2.81. The van der Waals surface area contributed by atoms with Crippen molar-refractivity contribution < 1.29 is 14.1 Å². The van der Waals surface area contributed by atoms with E-state index in [4.69, 9.17) is 4.74 Å². The molecule has 6 heteroatoms. The van der Waals surface area contributed by atoms with Crippen molar-refractivity contribution in [3.63, 3.8) is 0 Å². The minimum atomic E-state index is -0.628. The fourth-order valence-electron chi connectivity index (χ4n) is 1.58. The van der Waals surface area contributed by atoms with E-state index in [1.165, 1.54) is 12.1 Å². The van der Waals surface area contributed by atoms with E-state index in [2.05, 4.69) is 5.32 Å². The predicted octanol–water partition coefficient (Wildman–Crippen LogP) is 3.21. The number of halogens is 1. The van der Waals surface area contributed by atoms with Crippen molar-refractivity contribution in [3.05, 3.63) is 34.1 Å². The quantitative estimate of drug-likeness (QED) is 0.610. The number of hydrogen-bond donors (Lipinski definition) is 1. The minimum absolute atomic E-state index is 0.0455. The molecule has 1 unspecified atom stereocenters. The van der Waals surface area contributed by atoms with Gasteiger partial charge < -0.3 is 10.1 Å². The molecule has 0 aliphatic heterocycles. The Hall–Kier alpha value is -1.69. The zero-order valence-corrected chi connectivity index (χ0v) is 11.4. The van der Waals surface area contributed by atoms with Gasteiger partial charge in [-0.2, -0.15) is 0 Å². The second-order valence-corrected chi connectivity index (χ2v) is 4.58. The number of hydrogen-bond acceptors (Lipinski definition) is 4. The topological polar surface area (TPSA) is 64.4 Å². The molecule has 0 bridgehead atoms. The van der Waals surface area contributed by atoms with E-state index in [1.807, 2.05) is 20.8 Å². The molecule has 5 nitrogen and oxygen atoms in total. The summed E-state index contributed by atoms with van der Waals surface area (Å²) in [4.78, 5) is 9.92. The molecular formula is C13H19FN2O3. The molecule has 19 heavy (non-hydrogen) atoms. The lowest BCUT2D eigenvalue weighted by atomic mass is 10.0. The van der Waals surface area contributed by atoms with Gasteiger partial charge in [-0.3, -0.25) is 10.1 Å². The highest BCUT2D eigenvalue weighted by molar-refractivity contribution is 5.50. The maximum atomic E-state index is 13.7. The number of nitrogens with zero attached hydrogens (tertiary/aromatic N) is 1. The number of benzene rings is 1. The Bertz CT molecular complexity index is 438. The van der Waals surface area contributed by atoms with Crippen LogP contribution in [0.15, 0.2) is 18.2 Å². The first-order chi connectivity index (χ1) is 8.95. The maximum Gasteiger partial charge on any atom is 0.272 e. The molecule has 0 saturated carbocycles. The van der Waals surface area contributed by atoms with Gasteiger partial charge in [-0.25, -0.2) is 4.39 Å². The van der Waals surface area contributed by atoms with Crippen LogP contribution in [0, 0.1) is 21.8 Å². The Morgan fingerprint density at radius 1 is 1.47 bits per heavy atom. The van der Waals surface area contributed by atoms with Gasteiger partial charge >= 0.3 is 0 Å². The molecule has 1 N–H and O–H groups in total. The van der Waals surface area contributed by atoms with Crippen molar-refractivity contribution in [1.29, 1.82) is 0 Å². The number of nitrogens with one attached hydrogen (secondary N) is 1. The average Bonchev–Trinajstić information content (AvgIpc) is 2.35. The third-order valence-corrected chi connectivity index (χ3v) is 2.81. The molecule has 1 aromatic rings. The van der Waals surface area contributed by atoms with Gasteiger partial charge in [-0.05, 0) is 18.9 Å². The highest BCUT2D eigenvalue weighted by Gasteiger charge is 2.17. The van der Waals surface area contributed by atoms with E-state index < -0.39 is 10.7 Å². The van der Waals surface area contributed by atoms with E-state index in [-0.39, 0.29) is 23.3 Å². The average molecular weight is 270 g/mol. The third kappa shape index (κ3) is 4.48. The van der Waals surface area contributed by atoms with Gasteiger partial charge in [0.25, 0.3) is 5.69 Å². The first-order valence-corrected chi connectivity index (χ1v) is 6.24. The smallest absolute Gasteiger partial charge is 0.272 e. The van der Waals surface area contributed by atoms with Crippen LogP contribution in [0.3, 0.4) is 0 Å². The van der Waals surface area contributed by atoms with Gasteiger partial charge in [0.05, 0.1) is 29.3 Å². The van der Waals surface area contributed by atoms with Crippen molar-refractivity contribution >= 4 is 11.4 Å². The van der Waals surface area contributed by atoms with Crippen molar-refractivity contribution in [2.24, 2.45) is 5.92 Å². The van der Waals surface area contributed by atoms with E-state index >= 15 is 0 Å². The van der Waals surface area contributed by atoms with Gasteiger partial charge in [0.15, 0.2) is 5.82 Å². The third-order valence-electron chi connectivity index (χ3n) is 2.81.